The lowest BCUT2D eigenvalue weighted by molar-refractivity contribution is -0.137. The summed E-state index contributed by atoms with van der Waals surface area (Å²) in [5.74, 6) is -0.00781. The van der Waals surface area contributed by atoms with Gasteiger partial charge in [0.15, 0.2) is 0 Å². The molecule has 8 heteroatoms. The third kappa shape index (κ3) is 4.07. The lowest BCUT2D eigenvalue weighted by Gasteiger charge is -2.37. The minimum absolute atomic E-state index is 0.191. The van der Waals surface area contributed by atoms with Crippen molar-refractivity contribution in [2.24, 2.45) is 0 Å². The largest absolute Gasteiger partial charge is 0.340 e. The topological polar surface area (TPSA) is 95.2 Å². The van der Waals surface area contributed by atoms with Gasteiger partial charge in [-0.15, -0.1) is 0 Å². The van der Waals surface area contributed by atoms with Gasteiger partial charge >= 0.3 is 0 Å². The fraction of sp³-hybridized carbons (Fsp3) is 0.714. The number of aryl methyl sites for hydroxylation is 1. The molecule has 1 atom stereocenters. The van der Waals surface area contributed by atoms with Crippen LogP contribution in [0.15, 0.2) is 6.07 Å². The van der Waals surface area contributed by atoms with Gasteiger partial charge in [0.05, 0.1) is 11.9 Å². The number of aromatic amines is 1. The SMILES string of the molecule is Cc1cc([C@@H]2CCCN(C(=O)C(C)(C)NS(C)(=O)=O)C2)n[nH]1. The van der Waals surface area contributed by atoms with Crippen molar-refractivity contribution in [1.29, 1.82) is 0 Å². The van der Waals surface area contributed by atoms with Gasteiger partial charge in [-0.2, -0.15) is 5.10 Å². The second-order valence-electron chi connectivity index (χ2n) is 6.57. The Hall–Kier alpha value is -1.41. The lowest BCUT2D eigenvalue weighted by atomic mass is 9.93. The molecule has 1 aromatic rings. The van der Waals surface area contributed by atoms with Gasteiger partial charge in [0.2, 0.25) is 15.9 Å². The van der Waals surface area contributed by atoms with Gasteiger partial charge in [-0.25, -0.2) is 13.1 Å². The smallest absolute Gasteiger partial charge is 0.243 e. The molecule has 1 aliphatic heterocycles. The van der Waals surface area contributed by atoms with Crippen LogP contribution in [-0.4, -0.2) is 54.3 Å². The van der Waals surface area contributed by atoms with E-state index in [0.29, 0.717) is 13.1 Å². The van der Waals surface area contributed by atoms with Gasteiger partial charge < -0.3 is 4.90 Å². The molecule has 1 fully saturated rings. The van der Waals surface area contributed by atoms with Gasteiger partial charge in [-0.05, 0) is 39.7 Å². The van der Waals surface area contributed by atoms with E-state index in [0.717, 1.165) is 30.5 Å². The first-order valence-electron chi connectivity index (χ1n) is 7.39. The van der Waals surface area contributed by atoms with Crippen molar-refractivity contribution in [3.63, 3.8) is 0 Å². The van der Waals surface area contributed by atoms with Crippen molar-refractivity contribution in [3.8, 4) is 0 Å². The molecule has 0 aromatic carbocycles. The molecule has 22 heavy (non-hydrogen) atoms. The molecule has 1 amide bonds. The number of aromatic nitrogens is 2. The average Bonchev–Trinajstić information content (AvgIpc) is 2.82. The van der Waals surface area contributed by atoms with Crippen LogP contribution in [0, 0.1) is 6.92 Å². The number of sulfonamides is 1. The number of hydrogen-bond acceptors (Lipinski definition) is 4. The van der Waals surface area contributed by atoms with Gasteiger partial charge in [-0.3, -0.25) is 9.89 Å². The van der Waals surface area contributed by atoms with E-state index in [1.807, 2.05) is 13.0 Å². The molecule has 2 heterocycles. The summed E-state index contributed by atoms with van der Waals surface area (Å²) >= 11 is 0. The molecule has 1 saturated heterocycles. The maximum absolute atomic E-state index is 12.7. The summed E-state index contributed by atoms with van der Waals surface area (Å²) in [4.78, 5) is 14.4. The fourth-order valence-electron chi connectivity index (χ4n) is 2.95. The van der Waals surface area contributed by atoms with Gasteiger partial charge in [-0.1, -0.05) is 0 Å². The number of carbonyl (C=O) groups excluding carboxylic acids is 1. The first-order valence-corrected chi connectivity index (χ1v) is 9.28. The zero-order valence-electron chi connectivity index (χ0n) is 13.5. The van der Waals surface area contributed by atoms with E-state index in [-0.39, 0.29) is 11.8 Å². The average molecular weight is 328 g/mol. The van der Waals surface area contributed by atoms with Crippen molar-refractivity contribution in [2.75, 3.05) is 19.3 Å². The fourth-order valence-corrected chi connectivity index (χ4v) is 3.97. The highest BCUT2D eigenvalue weighted by Crippen LogP contribution is 2.27. The second-order valence-corrected chi connectivity index (χ2v) is 8.31. The Morgan fingerprint density at radius 2 is 2.18 bits per heavy atom. The summed E-state index contributed by atoms with van der Waals surface area (Å²) in [7, 11) is -3.44. The molecule has 7 nitrogen and oxygen atoms in total. The van der Waals surface area contributed by atoms with Crippen LogP contribution in [0.25, 0.3) is 0 Å². The van der Waals surface area contributed by atoms with Crippen LogP contribution in [0.3, 0.4) is 0 Å². The minimum atomic E-state index is -3.44. The Morgan fingerprint density at radius 1 is 1.50 bits per heavy atom. The molecule has 0 radical (unpaired) electrons. The first-order chi connectivity index (χ1) is 10.1. The summed E-state index contributed by atoms with van der Waals surface area (Å²) in [5, 5.41) is 7.21. The molecule has 0 unspecified atom stereocenters. The van der Waals surface area contributed by atoms with Crippen LogP contribution in [0.5, 0.6) is 0 Å². The number of carbonyl (C=O) groups is 1. The van der Waals surface area contributed by atoms with Crippen molar-refractivity contribution in [3.05, 3.63) is 17.5 Å². The molecule has 1 aromatic heterocycles. The maximum atomic E-state index is 12.7. The summed E-state index contributed by atoms with van der Waals surface area (Å²) in [5.41, 5.74) is 0.818. The van der Waals surface area contributed by atoms with Crippen LogP contribution in [0.1, 0.15) is 44.0 Å². The van der Waals surface area contributed by atoms with Crippen LogP contribution in [-0.2, 0) is 14.8 Å². The molecule has 0 spiro atoms. The first kappa shape index (κ1) is 17.0. The highest BCUT2D eigenvalue weighted by Gasteiger charge is 2.37. The number of rotatable bonds is 4. The summed E-state index contributed by atoms with van der Waals surface area (Å²) in [6.07, 6.45) is 2.93. The van der Waals surface area contributed by atoms with Crippen molar-refractivity contribution in [2.45, 2.75) is 45.1 Å². The molecule has 2 N–H and O–H groups in total. The standard InChI is InChI=1S/C14H24N4O3S/c1-10-8-12(16-15-10)11-6-5-7-18(9-11)13(19)14(2,3)17-22(4,20)21/h8,11,17H,5-7,9H2,1-4H3,(H,15,16)/t11-/m1/s1. The van der Waals surface area contributed by atoms with E-state index in [2.05, 4.69) is 14.9 Å². The number of nitrogens with zero attached hydrogens (tertiary/aromatic N) is 2. The zero-order chi connectivity index (χ0) is 16.5. The molecule has 0 saturated carbocycles. The molecule has 1 aliphatic rings. The van der Waals surface area contributed by atoms with E-state index in [1.54, 1.807) is 18.7 Å². The van der Waals surface area contributed by atoms with E-state index in [1.165, 1.54) is 0 Å². The highest BCUT2D eigenvalue weighted by atomic mass is 32.2. The van der Waals surface area contributed by atoms with E-state index in [4.69, 9.17) is 0 Å². The predicted octanol–water partition coefficient (Wildman–Crippen LogP) is 0.752. The van der Waals surface area contributed by atoms with Crippen molar-refractivity contribution >= 4 is 15.9 Å². The Morgan fingerprint density at radius 3 is 2.73 bits per heavy atom. The van der Waals surface area contributed by atoms with Crippen LogP contribution >= 0.6 is 0 Å². The quantitative estimate of drug-likeness (QED) is 0.853. The van der Waals surface area contributed by atoms with Crippen molar-refractivity contribution in [1.82, 2.24) is 19.8 Å². The normalized spacial score (nSPS) is 20.2. The number of amides is 1. The third-order valence-corrected chi connectivity index (χ3v) is 4.71. The van der Waals surface area contributed by atoms with Crippen LogP contribution in [0.4, 0.5) is 0 Å². The van der Waals surface area contributed by atoms with E-state index in [9.17, 15) is 13.2 Å². The summed E-state index contributed by atoms with van der Waals surface area (Å²) < 4.78 is 25.3. The van der Waals surface area contributed by atoms with Crippen LogP contribution in [0.2, 0.25) is 0 Å². The Bertz CT molecular complexity index is 651. The maximum Gasteiger partial charge on any atom is 0.243 e. The zero-order valence-corrected chi connectivity index (χ0v) is 14.3. The van der Waals surface area contributed by atoms with Gasteiger partial charge in [0.25, 0.3) is 0 Å². The number of H-pyrrole nitrogens is 1. The summed E-state index contributed by atoms with van der Waals surface area (Å²) in [6.45, 7) is 6.35. The van der Waals surface area contributed by atoms with E-state index >= 15 is 0 Å². The van der Waals surface area contributed by atoms with Crippen molar-refractivity contribution < 1.29 is 13.2 Å². The number of piperidine rings is 1. The number of likely N-dealkylation sites (tertiary alicyclic amines) is 1. The molecule has 0 aliphatic carbocycles. The van der Waals surface area contributed by atoms with E-state index < -0.39 is 15.6 Å². The minimum Gasteiger partial charge on any atom is -0.340 e. The monoisotopic (exact) mass is 328 g/mol. The lowest BCUT2D eigenvalue weighted by Crippen LogP contribution is -2.57. The summed E-state index contributed by atoms with van der Waals surface area (Å²) in [6, 6.07) is 2.00. The van der Waals surface area contributed by atoms with Gasteiger partial charge in [0, 0.05) is 24.7 Å². The second kappa shape index (κ2) is 6.00. The molecule has 0 bridgehead atoms. The van der Waals surface area contributed by atoms with Gasteiger partial charge in [0.1, 0.15) is 5.54 Å². The Balaban J connectivity index is 2.10. The Kier molecular flexibility index (Phi) is 4.62. The number of hydrogen-bond donors (Lipinski definition) is 2. The molecule has 124 valence electrons. The Labute approximate surface area is 131 Å². The number of nitrogens with one attached hydrogen (secondary N) is 2. The highest BCUT2D eigenvalue weighted by molar-refractivity contribution is 7.88. The molecular formula is C14H24N4O3S. The molecular weight excluding hydrogens is 304 g/mol. The predicted molar refractivity (Wildman–Crippen MR) is 83.9 cm³/mol. The van der Waals surface area contributed by atoms with Crippen LogP contribution < -0.4 is 4.72 Å². The third-order valence-electron chi connectivity index (χ3n) is 3.83. The molecule has 2 rings (SSSR count).